The summed E-state index contributed by atoms with van der Waals surface area (Å²) in [5.41, 5.74) is 1.87. The number of nitrogens with one attached hydrogen (secondary N) is 1. The molecule has 1 aliphatic heterocycles. The van der Waals surface area contributed by atoms with Crippen LogP contribution in [0, 0.1) is 0 Å². The summed E-state index contributed by atoms with van der Waals surface area (Å²) in [5, 5.41) is 3.06. The number of hydrogen-bond donors (Lipinski definition) is 1. The highest BCUT2D eigenvalue weighted by atomic mass is 79.9. The molecule has 0 saturated heterocycles. The first-order chi connectivity index (χ1) is 7.61. The molecule has 0 saturated carbocycles. The Kier molecular flexibility index (Phi) is 3.21. The maximum Gasteiger partial charge on any atom is 0.338 e. The van der Waals surface area contributed by atoms with E-state index in [1.807, 2.05) is 12.1 Å². The van der Waals surface area contributed by atoms with E-state index in [9.17, 15) is 4.79 Å². The van der Waals surface area contributed by atoms with Crippen LogP contribution < -0.4 is 5.32 Å². The van der Waals surface area contributed by atoms with E-state index in [1.165, 1.54) is 7.11 Å². The van der Waals surface area contributed by atoms with Gasteiger partial charge in [0.05, 0.1) is 12.7 Å². The Hall–Kier alpha value is -1.00. The molecule has 1 atom stereocenters. The van der Waals surface area contributed by atoms with Crippen molar-refractivity contribution in [3.05, 3.63) is 33.8 Å². The molecule has 84 valence electrons. The van der Waals surface area contributed by atoms with Crippen molar-refractivity contribution in [2.24, 2.45) is 0 Å². The Labute approximate surface area is 107 Å². The second-order valence-corrected chi connectivity index (χ2v) is 4.70. The fourth-order valence-electron chi connectivity index (χ4n) is 1.57. The largest absolute Gasteiger partial charge is 0.465 e. The Morgan fingerprint density at radius 2 is 2.31 bits per heavy atom. The normalized spacial score (nSPS) is 17.6. The molecule has 0 bridgehead atoms. The van der Waals surface area contributed by atoms with Crippen molar-refractivity contribution in [3.63, 3.8) is 0 Å². The van der Waals surface area contributed by atoms with Crippen molar-refractivity contribution in [3.8, 4) is 0 Å². The lowest BCUT2D eigenvalue weighted by Gasteiger charge is -2.19. The van der Waals surface area contributed by atoms with Crippen molar-refractivity contribution >= 4 is 45.3 Å². The summed E-state index contributed by atoms with van der Waals surface area (Å²) in [4.78, 5) is 11.6. The van der Waals surface area contributed by atoms with Crippen LogP contribution in [0.15, 0.2) is 22.7 Å². The number of esters is 1. The molecule has 1 aliphatic rings. The molecule has 2 rings (SSSR count). The molecule has 3 nitrogen and oxygen atoms in total. The van der Waals surface area contributed by atoms with Gasteiger partial charge in [-0.1, -0.05) is 33.6 Å². The first kappa shape index (κ1) is 11.5. The van der Waals surface area contributed by atoms with E-state index in [4.69, 9.17) is 16.3 Å². The van der Waals surface area contributed by atoms with E-state index < -0.39 is 0 Å². The van der Waals surface area contributed by atoms with E-state index in [-0.39, 0.29) is 11.5 Å². The van der Waals surface area contributed by atoms with Gasteiger partial charge in [-0.3, -0.25) is 0 Å². The highest BCUT2D eigenvalue weighted by Gasteiger charge is 2.18. The SMILES string of the molecule is COC(=O)c1cc(Br)cc2c1C=CC(Cl)N2. The van der Waals surface area contributed by atoms with Gasteiger partial charge in [0.15, 0.2) is 0 Å². The topological polar surface area (TPSA) is 38.3 Å². The van der Waals surface area contributed by atoms with Gasteiger partial charge in [0, 0.05) is 15.7 Å². The summed E-state index contributed by atoms with van der Waals surface area (Å²) in [5.74, 6) is -0.364. The summed E-state index contributed by atoms with van der Waals surface area (Å²) in [6.07, 6.45) is 3.60. The molecule has 0 fully saturated rings. The summed E-state index contributed by atoms with van der Waals surface area (Å²) in [6, 6.07) is 3.60. The van der Waals surface area contributed by atoms with Gasteiger partial charge in [0.25, 0.3) is 0 Å². The highest BCUT2D eigenvalue weighted by Crippen LogP contribution is 2.31. The fourth-order valence-corrected chi connectivity index (χ4v) is 2.22. The maximum atomic E-state index is 11.6. The number of fused-ring (bicyclic) bond motifs is 1. The van der Waals surface area contributed by atoms with Gasteiger partial charge in [-0.05, 0) is 18.2 Å². The molecule has 16 heavy (non-hydrogen) atoms. The van der Waals surface area contributed by atoms with E-state index in [0.29, 0.717) is 5.56 Å². The van der Waals surface area contributed by atoms with Crippen LogP contribution in [-0.2, 0) is 4.74 Å². The molecular weight excluding hydrogens is 293 g/mol. The average molecular weight is 303 g/mol. The van der Waals surface area contributed by atoms with Gasteiger partial charge in [-0.2, -0.15) is 0 Å². The zero-order valence-corrected chi connectivity index (χ0v) is 10.8. The molecule has 0 radical (unpaired) electrons. The molecule has 0 aromatic heterocycles. The second kappa shape index (κ2) is 4.47. The summed E-state index contributed by atoms with van der Waals surface area (Å²) >= 11 is 9.28. The number of rotatable bonds is 1. The predicted octanol–water partition coefficient (Wildman–Crippen LogP) is 3.24. The molecule has 1 heterocycles. The first-order valence-electron chi connectivity index (χ1n) is 4.62. The first-order valence-corrected chi connectivity index (χ1v) is 5.85. The van der Waals surface area contributed by atoms with Gasteiger partial charge in [-0.15, -0.1) is 0 Å². The van der Waals surface area contributed by atoms with Crippen molar-refractivity contribution in [2.75, 3.05) is 12.4 Å². The van der Waals surface area contributed by atoms with Gasteiger partial charge in [-0.25, -0.2) is 4.79 Å². The zero-order valence-electron chi connectivity index (χ0n) is 8.46. The number of alkyl halides is 1. The third-order valence-electron chi connectivity index (χ3n) is 2.28. The minimum absolute atomic E-state index is 0.257. The van der Waals surface area contributed by atoms with E-state index in [2.05, 4.69) is 21.2 Å². The summed E-state index contributed by atoms with van der Waals surface area (Å²) < 4.78 is 5.53. The van der Waals surface area contributed by atoms with Crippen LogP contribution in [0.25, 0.3) is 6.08 Å². The minimum Gasteiger partial charge on any atom is -0.465 e. The monoisotopic (exact) mass is 301 g/mol. The third-order valence-corrected chi connectivity index (χ3v) is 2.99. The van der Waals surface area contributed by atoms with Crippen LogP contribution in [0.1, 0.15) is 15.9 Å². The molecule has 1 N–H and O–H groups in total. The molecule has 1 aromatic rings. The standard InChI is InChI=1S/C11H9BrClNO2/c1-16-11(15)8-4-6(12)5-9-7(8)2-3-10(13)14-9/h2-5,10,14H,1H3. The smallest absolute Gasteiger partial charge is 0.338 e. The second-order valence-electron chi connectivity index (χ2n) is 3.31. The van der Waals surface area contributed by atoms with Crippen molar-refractivity contribution in [2.45, 2.75) is 5.50 Å². The van der Waals surface area contributed by atoms with E-state index in [1.54, 1.807) is 12.1 Å². The number of methoxy groups -OCH3 is 1. The Balaban J connectivity index is 2.57. The third kappa shape index (κ3) is 2.08. The number of carbonyl (C=O) groups excluding carboxylic acids is 1. The quantitative estimate of drug-likeness (QED) is 0.492. The zero-order chi connectivity index (χ0) is 11.7. The van der Waals surface area contributed by atoms with Gasteiger partial charge >= 0.3 is 5.97 Å². The molecule has 0 aliphatic carbocycles. The molecule has 0 amide bonds. The number of anilines is 1. The molecular formula is C11H9BrClNO2. The van der Waals surface area contributed by atoms with Crippen LogP contribution in [0.4, 0.5) is 5.69 Å². The molecule has 1 unspecified atom stereocenters. The average Bonchev–Trinajstić information content (AvgIpc) is 2.26. The van der Waals surface area contributed by atoms with Gasteiger partial charge < -0.3 is 10.1 Å². The van der Waals surface area contributed by atoms with Crippen LogP contribution in [-0.4, -0.2) is 18.6 Å². The van der Waals surface area contributed by atoms with Crippen LogP contribution >= 0.6 is 27.5 Å². The lowest BCUT2D eigenvalue weighted by Crippen LogP contribution is -2.16. The van der Waals surface area contributed by atoms with Gasteiger partial charge in [0.1, 0.15) is 5.50 Å². The van der Waals surface area contributed by atoms with E-state index in [0.717, 1.165) is 15.7 Å². The lowest BCUT2D eigenvalue weighted by atomic mass is 10.0. The van der Waals surface area contributed by atoms with Crippen molar-refractivity contribution in [1.82, 2.24) is 0 Å². The van der Waals surface area contributed by atoms with Crippen molar-refractivity contribution in [1.29, 1.82) is 0 Å². The number of benzene rings is 1. The van der Waals surface area contributed by atoms with Gasteiger partial charge in [0.2, 0.25) is 0 Å². The number of ether oxygens (including phenoxy) is 1. The summed E-state index contributed by atoms with van der Waals surface area (Å²) in [6.45, 7) is 0. The number of hydrogen-bond acceptors (Lipinski definition) is 3. The van der Waals surface area contributed by atoms with Crippen LogP contribution in [0.5, 0.6) is 0 Å². The predicted molar refractivity (Wildman–Crippen MR) is 67.8 cm³/mol. The van der Waals surface area contributed by atoms with Crippen LogP contribution in [0.2, 0.25) is 0 Å². The minimum atomic E-state index is -0.364. The maximum absolute atomic E-state index is 11.6. The van der Waals surface area contributed by atoms with E-state index >= 15 is 0 Å². The van der Waals surface area contributed by atoms with Crippen LogP contribution in [0.3, 0.4) is 0 Å². The fraction of sp³-hybridized carbons (Fsp3) is 0.182. The molecule has 0 spiro atoms. The Bertz CT molecular complexity index is 473. The molecule has 5 heteroatoms. The Morgan fingerprint density at radius 3 is 3.00 bits per heavy atom. The molecule has 1 aromatic carbocycles. The number of carbonyl (C=O) groups is 1. The number of halogens is 2. The van der Waals surface area contributed by atoms with Crippen molar-refractivity contribution < 1.29 is 9.53 Å². The highest BCUT2D eigenvalue weighted by molar-refractivity contribution is 9.10. The summed E-state index contributed by atoms with van der Waals surface area (Å²) in [7, 11) is 1.36. The Morgan fingerprint density at radius 1 is 1.56 bits per heavy atom. The lowest BCUT2D eigenvalue weighted by molar-refractivity contribution is 0.0600.